The lowest BCUT2D eigenvalue weighted by Crippen LogP contribution is -2.47. The zero-order chi connectivity index (χ0) is 19.0. The number of esters is 1. The molecule has 1 aromatic carbocycles. The highest BCUT2D eigenvalue weighted by Crippen LogP contribution is 2.23. The van der Waals surface area contributed by atoms with Crippen molar-refractivity contribution in [1.29, 1.82) is 0 Å². The highest BCUT2D eigenvalue weighted by Gasteiger charge is 2.38. The third kappa shape index (κ3) is 5.31. The third-order valence-electron chi connectivity index (χ3n) is 3.94. The molecule has 2 amide bonds. The van der Waals surface area contributed by atoms with E-state index in [1.165, 1.54) is 7.11 Å². The number of benzene rings is 1. The van der Waals surface area contributed by atoms with Crippen LogP contribution in [-0.2, 0) is 14.3 Å². The maximum Gasteiger partial charge on any atom is 0.337 e. The van der Waals surface area contributed by atoms with Crippen molar-refractivity contribution >= 4 is 23.5 Å². The van der Waals surface area contributed by atoms with Crippen molar-refractivity contribution in [2.75, 3.05) is 25.5 Å². The van der Waals surface area contributed by atoms with Crippen molar-refractivity contribution in [3.63, 3.8) is 0 Å². The highest BCUT2D eigenvalue weighted by molar-refractivity contribution is 6.10. The van der Waals surface area contributed by atoms with Gasteiger partial charge in [-0.25, -0.2) is 4.79 Å². The number of hydrogen-bond acceptors (Lipinski definition) is 4. The number of hydrogen-bond donors (Lipinski definition) is 1. The second-order valence-electron chi connectivity index (χ2n) is 6.44. The van der Waals surface area contributed by atoms with E-state index in [0.29, 0.717) is 24.3 Å². The minimum Gasteiger partial charge on any atom is -0.465 e. The normalized spacial score (nSPS) is 10.9. The number of anilines is 1. The summed E-state index contributed by atoms with van der Waals surface area (Å²) in [6.07, 6.45) is 1.69. The minimum atomic E-state index is -1.18. The molecule has 0 saturated heterocycles. The van der Waals surface area contributed by atoms with E-state index < -0.39 is 11.4 Å². The van der Waals surface area contributed by atoms with Gasteiger partial charge in [0.15, 0.2) is 0 Å². The standard InChI is InChI=1S/C19H28N2O4/c1-6-12-21(13-7-2)18(24)19(3,4)17(23)20-15-10-8-14(9-11-15)16(22)25-5/h8-11H,6-7,12-13H2,1-5H3,(H,20,23). The Morgan fingerprint density at radius 3 is 2.00 bits per heavy atom. The number of methoxy groups -OCH3 is 1. The van der Waals surface area contributed by atoms with Crippen molar-refractivity contribution in [2.24, 2.45) is 5.41 Å². The Balaban J connectivity index is 2.86. The first-order valence-corrected chi connectivity index (χ1v) is 8.57. The monoisotopic (exact) mass is 348 g/mol. The molecule has 1 aromatic rings. The SMILES string of the molecule is CCCN(CCC)C(=O)C(C)(C)C(=O)Nc1ccc(C(=O)OC)cc1. The molecule has 0 aliphatic carbocycles. The molecule has 1 rings (SSSR count). The fourth-order valence-corrected chi connectivity index (χ4v) is 2.44. The summed E-state index contributed by atoms with van der Waals surface area (Å²) in [5, 5.41) is 2.75. The minimum absolute atomic E-state index is 0.181. The van der Waals surface area contributed by atoms with E-state index in [4.69, 9.17) is 0 Å². The van der Waals surface area contributed by atoms with Crippen LogP contribution in [0.5, 0.6) is 0 Å². The molecule has 0 bridgehead atoms. The molecular weight excluding hydrogens is 320 g/mol. The Morgan fingerprint density at radius 2 is 1.56 bits per heavy atom. The average Bonchev–Trinajstić information content (AvgIpc) is 2.60. The first-order chi connectivity index (χ1) is 11.8. The van der Waals surface area contributed by atoms with E-state index in [0.717, 1.165) is 12.8 Å². The van der Waals surface area contributed by atoms with Crippen molar-refractivity contribution in [3.05, 3.63) is 29.8 Å². The predicted molar refractivity (Wildman–Crippen MR) is 97.4 cm³/mol. The van der Waals surface area contributed by atoms with Crippen LogP contribution in [0.15, 0.2) is 24.3 Å². The number of nitrogens with one attached hydrogen (secondary N) is 1. The number of carbonyl (C=O) groups is 3. The summed E-state index contributed by atoms with van der Waals surface area (Å²) < 4.78 is 4.64. The maximum absolute atomic E-state index is 12.8. The predicted octanol–water partition coefficient (Wildman–Crippen LogP) is 3.09. The molecule has 0 heterocycles. The van der Waals surface area contributed by atoms with Crippen LogP contribution in [-0.4, -0.2) is 42.9 Å². The summed E-state index contributed by atoms with van der Waals surface area (Å²) in [6, 6.07) is 6.36. The quantitative estimate of drug-likeness (QED) is 0.578. The summed E-state index contributed by atoms with van der Waals surface area (Å²) in [5.41, 5.74) is -0.255. The topological polar surface area (TPSA) is 75.7 Å². The summed E-state index contributed by atoms with van der Waals surface area (Å²) in [7, 11) is 1.31. The van der Waals surface area contributed by atoms with Gasteiger partial charge in [0.2, 0.25) is 11.8 Å². The lowest BCUT2D eigenvalue weighted by Gasteiger charge is -2.30. The third-order valence-corrected chi connectivity index (χ3v) is 3.94. The van der Waals surface area contributed by atoms with E-state index >= 15 is 0 Å². The van der Waals surface area contributed by atoms with Crippen LogP contribution < -0.4 is 5.32 Å². The summed E-state index contributed by atoms with van der Waals surface area (Å²) >= 11 is 0. The van der Waals surface area contributed by atoms with Gasteiger partial charge >= 0.3 is 5.97 Å². The first kappa shape index (κ1) is 20.7. The Bertz CT molecular complexity index is 602. The van der Waals surface area contributed by atoms with E-state index in [2.05, 4.69) is 10.1 Å². The van der Waals surface area contributed by atoms with Crippen molar-refractivity contribution in [3.8, 4) is 0 Å². The largest absolute Gasteiger partial charge is 0.465 e. The lowest BCUT2D eigenvalue weighted by atomic mass is 9.90. The average molecular weight is 348 g/mol. The molecule has 0 spiro atoms. The lowest BCUT2D eigenvalue weighted by molar-refractivity contribution is -0.146. The van der Waals surface area contributed by atoms with Gasteiger partial charge in [-0.2, -0.15) is 0 Å². The molecule has 0 radical (unpaired) electrons. The molecule has 0 fully saturated rings. The first-order valence-electron chi connectivity index (χ1n) is 8.57. The van der Waals surface area contributed by atoms with Crippen molar-refractivity contribution < 1.29 is 19.1 Å². The number of ether oxygens (including phenoxy) is 1. The molecule has 0 aliphatic rings. The fraction of sp³-hybridized carbons (Fsp3) is 0.526. The van der Waals surface area contributed by atoms with Gasteiger partial charge in [-0.05, 0) is 51.0 Å². The number of rotatable bonds is 8. The van der Waals surface area contributed by atoms with E-state index in [1.54, 1.807) is 43.0 Å². The van der Waals surface area contributed by atoms with Gasteiger partial charge in [0.25, 0.3) is 0 Å². The van der Waals surface area contributed by atoms with Gasteiger partial charge in [0.1, 0.15) is 5.41 Å². The van der Waals surface area contributed by atoms with Crippen molar-refractivity contribution in [1.82, 2.24) is 4.90 Å². The Morgan fingerprint density at radius 1 is 1.04 bits per heavy atom. The Hall–Kier alpha value is -2.37. The van der Waals surface area contributed by atoms with Gasteiger partial charge in [-0.15, -0.1) is 0 Å². The van der Waals surface area contributed by atoms with Crippen LogP contribution in [0.1, 0.15) is 50.9 Å². The van der Waals surface area contributed by atoms with Crippen molar-refractivity contribution in [2.45, 2.75) is 40.5 Å². The molecule has 0 unspecified atom stereocenters. The molecule has 0 atom stereocenters. The van der Waals surface area contributed by atoms with Crippen LogP contribution >= 0.6 is 0 Å². The smallest absolute Gasteiger partial charge is 0.337 e. The fourth-order valence-electron chi connectivity index (χ4n) is 2.44. The van der Waals surface area contributed by atoms with Gasteiger partial charge in [0, 0.05) is 18.8 Å². The zero-order valence-electron chi connectivity index (χ0n) is 15.7. The van der Waals surface area contributed by atoms with Crippen LogP contribution in [0.25, 0.3) is 0 Å². The number of amides is 2. The summed E-state index contributed by atoms with van der Waals surface area (Å²) in [6.45, 7) is 8.55. The molecule has 0 aromatic heterocycles. The second kappa shape index (κ2) is 9.20. The van der Waals surface area contributed by atoms with Gasteiger partial charge in [-0.3, -0.25) is 9.59 Å². The van der Waals surface area contributed by atoms with Gasteiger partial charge in [-0.1, -0.05) is 13.8 Å². The maximum atomic E-state index is 12.8. The highest BCUT2D eigenvalue weighted by atomic mass is 16.5. The Kier molecular flexibility index (Phi) is 7.61. The molecule has 6 heteroatoms. The summed E-state index contributed by atoms with van der Waals surface area (Å²) in [5.74, 6) is -0.997. The van der Waals surface area contributed by atoms with Crippen LogP contribution in [0.2, 0.25) is 0 Å². The zero-order valence-corrected chi connectivity index (χ0v) is 15.7. The molecular formula is C19H28N2O4. The van der Waals surface area contributed by atoms with Gasteiger partial charge in [0.05, 0.1) is 12.7 Å². The molecule has 6 nitrogen and oxygen atoms in total. The van der Waals surface area contributed by atoms with Crippen LogP contribution in [0.3, 0.4) is 0 Å². The van der Waals surface area contributed by atoms with E-state index in [9.17, 15) is 14.4 Å². The van der Waals surface area contributed by atoms with E-state index in [-0.39, 0.29) is 11.8 Å². The Labute approximate surface area is 149 Å². The molecule has 0 saturated carbocycles. The molecule has 25 heavy (non-hydrogen) atoms. The number of carbonyl (C=O) groups excluding carboxylic acids is 3. The molecule has 1 N–H and O–H groups in total. The van der Waals surface area contributed by atoms with Crippen LogP contribution in [0.4, 0.5) is 5.69 Å². The van der Waals surface area contributed by atoms with E-state index in [1.807, 2.05) is 13.8 Å². The van der Waals surface area contributed by atoms with Gasteiger partial charge < -0.3 is 15.0 Å². The van der Waals surface area contributed by atoms with Crippen LogP contribution in [0, 0.1) is 5.41 Å². The second-order valence-corrected chi connectivity index (χ2v) is 6.44. The number of nitrogens with zero attached hydrogens (tertiary/aromatic N) is 1. The molecule has 138 valence electrons. The summed E-state index contributed by atoms with van der Waals surface area (Å²) in [4.78, 5) is 38.5. The molecule has 0 aliphatic heterocycles.